The summed E-state index contributed by atoms with van der Waals surface area (Å²) in [6, 6.07) is 1.36. The van der Waals surface area contributed by atoms with Crippen molar-refractivity contribution in [2.75, 3.05) is 31.6 Å². The molecule has 112 valence electrons. The van der Waals surface area contributed by atoms with Crippen LogP contribution in [-0.4, -0.2) is 47.8 Å². The summed E-state index contributed by atoms with van der Waals surface area (Å²) >= 11 is 6.12. The van der Waals surface area contributed by atoms with Gasteiger partial charge in [0.05, 0.1) is 27.5 Å². The number of likely N-dealkylation sites (tertiary alicyclic amines) is 1. The van der Waals surface area contributed by atoms with E-state index in [2.05, 4.69) is 4.90 Å². The number of benzene rings is 1. The lowest BCUT2D eigenvalue weighted by Crippen LogP contribution is -2.46. The first-order chi connectivity index (χ1) is 9.91. The molecule has 2 heterocycles. The minimum absolute atomic E-state index is 0.0822. The van der Waals surface area contributed by atoms with Gasteiger partial charge < -0.3 is 16.4 Å². The number of carbonyl (C=O) groups is 2. The van der Waals surface area contributed by atoms with E-state index in [0.717, 1.165) is 25.9 Å². The van der Waals surface area contributed by atoms with Crippen LogP contribution < -0.4 is 11.5 Å². The monoisotopic (exact) mass is 308 g/mol. The molecule has 2 aliphatic heterocycles. The summed E-state index contributed by atoms with van der Waals surface area (Å²) in [5.41, 5.74) is 12.3. The molecule has 0 aromatic heterocycles. The van der Waals surface area contributed by atoms with Crippen LogP contribution in [0.5, 0.6) is 0 Å². The highest BCUT2D eigenvalue weighted by Gasteiger charge is 2.42. The summed E-state index contributed by atoms with van der Waals surface area (Å²) < 4.78 is 0. The number of piperidine rings is 1. The third-order valence-corrected chi connectivity index (χ3v) is 4.66. The predicted octanol–water partition coefficient (Wildman–Crippen LogP) is 1.19. The van der Waals surface area contributed by atoms with E-state index >= 15 is 0 Å². The van der Waals surface area contributed by atoms with E-state index < -0.39 is 0 Å². The Hall–Kier alpha value is -1.79. The predicted molar refractivity (Wildman–Crippen MR) is 81.3 cm³/mol. The van der Waals surface area contributed by atoms with Crippen molar-refractivity contribution in [3.8, 4) is 0 Å². The summed E-state index contributed by atoms with van der Waals surface area (Å²) in [5, 5.41) is 0.0822. The molecule has 4 N–H and O–H groups in total. The van der Waals surface area contributed by atoms with Crippen LogP contribution in [0.4, 0.5) is 11.4 Å². The zero-order chi connectivity index (χ0) is 15.3. The Kier molecular flexibility index (Phi) is 3.30. The van der Waals surface area contributed by atoms with E-state index in [1.165, 1.54) is 11.0 Å². The zero-order valence-corrected chi connectivity index (χ0v) is 12.5. The van der Waals surface area contributed by atoms with Crippen LogP contribution in [0.3, 0.4) is 0 Å². The molecule has 0 atom stereocenters. The van der Waals surface area contributed by atoms with E-state index in [-0.39, 0.29) is 45.4 Å². The number of anilines is 2. The van der Waals surface area contributed by atoms with Gasteiger partial charge in [-0.3, -0.25) is 14.5 Å². The van der Waals surface area contributed by atoms with E-state index in [1.54, 1.807) is 0 Å². The Balaban J connectivity index is 1.99. The smallest absolute Gasteiger partial charge is 0.263 e. The molecule has 0 unspecified atom stereocenters. The Morgan fingerprint density at radius 1 is 1.19 bits per heavy atom. The van der Waals surface area contributed by atoms with E-state index in [9.17, 15) is 9.59 Å². The molecule has 0 bridgehead atoms. The normalized spacial score (nSPS) is 20.2. The van der Waals surface area contributed by atoms with Gasteiger partial charge in [0.15, 0.2) is 0 Å². The number of carbonyl (C=O) groups excluding carboxylic acids is 2. The maximum Gasteiger partial charge on any atom is 0.263 e. The second-order valence-corrected chi connectivity index (χ2v) is 6.01. The number of hydrogen-bond donors (Lipinski definition) is 2. The average Bonchev–Trinajstić information content (AvgIpc) is 2.69. The fraction of sp³-hybridized carbons (Fsp3) is 0.429. The molecule has 2 amide bonds. The fourth-order valence-corrected chi connectivity index (χ4v) is 3.28. The van der Waals surface area contributed by atoms with Crippen LogP contribution in [0.1, 0.15) is 33.6 Å². The Morgan fingerprint density at radius 2 is 1.81 bits per heavy atom. The number of amides is 2. The first-order valence-corrected chi connectivity index (χ1v) is 7.23. The number of hydrogen-bond acceptors (Lipinski definition) is 5. The molecule has 1 aromatic rings. The molecule has 21 heavy (non-hydrogen) atoms. The molecule has 2 aliphatic rings. The van der Waals surface area contributed by atoms with Crippen molar-refractivity contribution >= 4 is 34.8 Å². The molecule has 7 heteroatoms. The van der Waals surface area contributed by atoms with Crippen LogP contribution in [0, 0.1) is 0 Å². The molecule has 0 saturated carbocycles. The molecule has 1 saturated heterocycles. The highest BCUT2D eigenvalue weighted by Crippen LogP contribution is 2.38. The van der Waals surface area contributed by atoms with Crippen LogP contribution in [0.25, 0.3) is 0 Å². The molecule has 0 radical (unpaired) electrons. The minimum Gasteiger partial charge on any atom is -0.397 e. The SMILES string of the molecule is CN1CCC(N2C(=O)c3cc(N)c(N)c(Cl)c3C2=O)CC1. The van der Waals surface area contributed by atoms with Gasteiger partial charge in [-0.15, -0.1) is 0 Å². The molecule has 3 rings (SSSR count). The number of nitrogens with two attached hydrogens (primary N) is 2. The number of fused-ring (bicyclic) bond motifs is 1. The minimum atomic E-state index is -0.360. The van der Waals surface area contributed by atoms with Gasteiger partial charge in [0, 0.05) is 6.04 Å². The first-order valence-electron chi connectivity index (χ1n) is 6.85. The highest BCUT2D eigenvalue weighted by atomic mass is 35.5. The van der Waals surface area contributed by atoms with Gasteiger partial charge in [-0.2, -0.15) is 0 Å². The standard InChI is InChI=1S/C14H17ClN4O2/c1-18-4-2-7(3-5-18)19-13(20)8-6-9(16)12(17)11(15)10(8)14(19)21/h6-7H,2-5,16-17H2,1H3. The summed E-state index contributed by atoms with van der Waals surface area (Å²) in [6.07, 6.45) is 1.54. The van der Waals surface area contributed by atoms with Crippen molar-refractivity contribution in [1.29, 1.82) is 0 Å². The molecule has 1 fully saturated rings. The summed E-state index contributed by atoms with van der Waals surface area (Å²) in [4.78, 5) is 28.6. The molecule has 0 aliphatic carbocycles. The maximum absolute atomic E-state index is 12.6. The maximum atomic E-state index is 12.6. The largest absolute Gasteiger partial charge is 0.397 e. The number of halogens is 1. The van der Waals surface area contributed by atoms with Gasteiger partial charge in [-0.1, -0.05) is 11.6 Å². The van der Waals surface area contributed by atoms with Crippen molar-refractivity contribution in [2.24, 2.45) is 0 Å². The number of nitrogens with zero attached hydrogens (tertiary/aromatic N) is 2. The van der Waals surface area contributed by atoms with E-state index in [4.69, 9.17) is 23.1 Å². The molecule has 1 aromatic carbocycles. The van der Waals surface area contributed by atoms with Gasteiger partial charge in [0.25, 0.3) is 11.8 Å². The van der Waals surface area contributed by atoms with Crippen LogP contribution in [0.2, 0.25) is 5.02 Å². The lowest BCUT2D eigenvalue weighted by Gasteiger charge is -2.33. The molecule has 6 nitrogen and oxygen atoms in total. The average molecular weight is 309 g/mol. The van der Waals surface area contributed by atoms with Crippen molar-refractivity contribution in [3.05, 3.63) is 22.2 Å². The molecular formula is C14H17ClN4O2. The topological polar surface area (TPSA) is 92.7 Å². The van der Waals surface area contributed by atoms with Gasteiger partial charge in [0.1, 0.15) is 0 Å². The molecular weight excluding hydrogens is 292 g/mol. The van der Waals surface area contributed by atoms with Crippen molar-refractivity contribution in [3.63, 3.8) is 0 Å². The van der Waals surface area contributed by atoms with E-state index in [1.807, 2.05) is 7.05 Å². The summed E-state index contributed by atoms with van der Waals surface area (Å²) in [6.45, 7) is 1.71. The third kappa shape index (κ3) is 2.06. The fourth-order valence-electron chi connectivity index (χ4n) is 2.99. The van der Waals surface area contributed by atoms with Gasteiger partial charge in [-0.25, -0.2) is 0 Å². The third-order valence-electron chi connectivity index (χ3n) is 4.27. The summed E-state index contributed by atoms with van der Waals surface area (Å²) in [7, 11) is 2.02. The highest BCUT2D eigenvalue weighted by molar-refractivity contribution is 6.40. The Labute approximate surface area is 127 Å². The van der Waals surface area contributed by atoms with Crippen LogP contribution in [0.15, 0.2) is 6.07 Å². The summed E-state index contributed by atoms with van der Waals surface area (Å²) in [5.74, 6) is -0.681. The van der Waals surface area contributed by atoms with Gasteiger partial charge >= 0.3 is 0 Å². The second-order valence-electron chi connectivity index (χ2n) is 5.63. The van der Waals surface area contributed by atoms with Crippen LogP contribution in [-0.2, 0) is 0 Å². The van der Waals surface area contributed by atoms with Gasteiger partial charge in [-0.05, 0) is 39.0 Å². The first kappa shape index (κ1) is 14.2. The lowest BCUT2D eigenvalue weighted by molar-refractivity contribution is 0.0516. The van der Waals surface area contributed by atoms with Gasteiger partial charge in [0.2, 0.25) is 0 Å². The van der Waals surface area contributed by atoms with E-state index in [0.29, 0.717) is 0 Å². The van der Waals surface area contributed by atoms with Crippen molar-refractivity contribution in [1.82, 2.24) is 9.80 Å². The number of nitrogen functional groups attached to an aromatic ring is 2. The van der Waals surface area contributed by atoms with Crippen molar-refractivity contribution in [2.45, 2.75) is 18.9 Å². The van der Waals surface area contributed by atoms with Crippen LogP contribution >= 0.6 is 11.6 Å². The Bertz CT molecular complexity index is 638. The number of rotatable bonds is 1. The lowest BCUT2D eigenvalue weighted by atomic mass is 10.0. The zero-order valence-electron chi connectivity index (χ0n) is 11.7. The quantitative estimate of drug-likeness (QED) is 0.600. The van der Waals surface area contributed by atoms with Crippen molar-refractivity contribution < 1.29 is 9.59 Å². The number of imide groups is 1. The second kappa shape index (κ2) is 4.89. The Morgan fingerprint density at radius 3 is 2.43 bits per heavy atom. The molecule has 0 spiro atoms.